The lowest BCUT2D eigenvalue weighted by Gasteiger charge is -2.31. The van der Waals surface area contributed by atoms with Crippen molar-refractivity contribution in [1.29, 1.82) is 0 Å². The summed E-state index contributed by atoms with van der Waals surface area (Å²) in [5, 5.41) is 0. The van der Waals surface area contributed by atoms with E-state index in [9.17, 15) is 4.79 Å². The quantitative estimate of drug-likeness (QED) is 0.392. The van der Waals surface area contributed by atoms with Gasteiger partial charge in [-0.25, -0.2) is 4.79 Å². The van der Waals surface area contributed by atoms with Crippen LogP contribution in [0.15, 0.2) is 23.8 Å². The normalized spacial score (nSPS) is 16.5. The van der Waals surface area contributed by atoms with Gasteiger partial charge in [-0.2, -0.15) is 11.8 Å². The Hall–Kier alpha value is -0.700. The minimum Gasteiger partial charge on any atom is -0.466 e. The van der Waals surface area contributed by atoms with Crippen molar-refractivity contribution >= 4 is 17.7 Å². The third-order valence-corrected chi connectivity index (χ3v) is 5.13. The Labute approximate surface area is 122 Å². The lowest BCUT2D eigenvalue weighted by Crippen LogP contribution is -2.26. The Morgan fingerprint density at radius 2 is 1.95 bits per heavy atom. The largest absolute Gasteiger partial charge is 0.466 e. The van der Waals surface area contributed by atoms with Gasteiger partial charge < -0.3 is 4.74 Å². The summed E-state index contributed by atoms with van der Waals surface area (Å²) in [7, 11) is 1.39. The number of ether oxygens (including phenoxy) is 1. The topological polar surface area (TPSA) is 26.3 Å². The van der Waals surface area contributed by atoms with E-state index in [1.165, 1.54) is 13.2 Å². The Bertz CT molecular complexity index is 343. The fraction of sp³-hybridized carbons (Fsp3) is 0.688. The molecule has 0 saturated heterocycles. The highest BCUT2D eigenvalue weighted by Gasteiger charge is 2.25. The van der Waals surface area contributed by atoms with Crippen molar-refractivity contribution in [2.75, 3.05) is 13.4 Å². The molecule has 19 heavy (non-hydrogen) atoms. The first kappa shape index (κ1) is 18.3. The molecule has 0 heterocycles. The zero-order valence-electron chi connectivity index (χ0n) is 13.3. The third kappa shape index (κ3) is 7.46. The molecule has 0 rings (SSSR count). The number of allylic oxidation sites excluding steroid dienone is 3. The SMILES string of the molecule is COC(=O)C=C(C)C=CC(C)CC(C)C(C)(C)SC. The molecule has 2 unspecified atom stereocenters. The molecule has 0 spiro atoms. The van der Waals surface area contributed by atoms with Crippen molar-refractivity contribution in [1.82, 2.24) is 0 Å². The zero-order valence-corrected chi connectivity index (χ0v) is 14.1. The van der Waals surface area contributed by atoms with Crippen molar-refractivity contribution in [3.63, 3.8) is 0 Å². The second-order valence-corrected chi connectivity index (χ2v) is 7.15. The van der Waals surface area contributed by atoms with E-state index in [4.69, 9.17) is 0 Å². The van der Waals surface area contributed by atoms with Crippen LogP contribution >= 0.6 is 11.8 Å². The van der Waals surface area contributed by atoms with Crippen LogP contribution in [0.5, 0.6) is 0 Å². The van der Waals surface area contributed by atoms with Gasteiger partial charge in [-0.3, -0.25) is 0 Å². The molecule has 0 aromatic heterocycles. The summed E-state index contributed by atoms with van der Waals surface area (Å²) >= 11 is 1.92. The zero-order chi connectivity index (χ0) is 15.1. The molecule has 0 radical (unpaired) electrons. The summed E-state index contributed by atoms with van der Waals surface area (Å²) in [6.07, 6.45) is 9.00. The number of carbonyl (C=O) groups is 1. The third-order valence-electron chi connectivity index (χ3n) is 3.67. The number of esters is 1. The van der Waals surface area contributed by atoms with Crippen LogP contribution in [0, 0.1) is 11.8 Å². The first-order valence-corrected chi connectivity index (χ1v) is 7.95. The van der Waals surface area contributed by atoms with Gasteiger partial charge in [0, 0.05) is 10.8 Å². The fourth-order valence-corrected chi connectivity index (χ4v) is 2.23. The van der Waals surface area contributed by atoms with Crippen LogP contribution in [0.3, 0.4) is 0 Å². The van der Waals surface area contributed by atoms with Crippen LogP contribution in [-0.4, -0.2) is 24.1 Å². The van der Waals surface area contributed by atoms with E-state index in [2.05, 4.69) is 44.8 Å². The van der Waals surface area contributed by atoms with E-state index in [-0.39, 0.29) is 5.97 Å². The number of rotatable bonds is 7. The van der Waals surface area contributed by atoms with Crippen LogP contribution in [0.2, 0.25) is 0 Å². The number of carbonyl (C=O) groups excluding carboxylic acids is 1. The lowest BCUT2D eigenvalue weighted by atomic mass is 9.87. The van der Waals surface area contributed by atoms with E-state index in [1.807, 2.05) is 24.8 Å². The molecular formula is C16H28O2S. The van der Waals surface area contributed by atoms with Gasteiger partial charge in [0.2, 0.25) is 0 Å². The minimum atomic E-state index is -0.299. The van der Waals surface area contributed by atoms with Gasteiger partial charge in [-0.1, -0.05) is 39.8 Å². The summed E-state index contributed by atoms with van der Waals surface area (Å²) in [5.74, 6) is 0.848. The summed E-state index contributed by atoms with van der Waals surface area (Å²) < 4.78 is 4.90. The molecule has 0 fully saturated rings. The predicted molar refractivity (Wildman–Crippen MR) is 85.5 cm³/mol. The molecule has 0 aliphatic rings. The van der Waals surface area contributed by atoms with Gasteiger partial charge in [-0.05, 0) is 37.0 Å². The van der Waals surface area contributed by atoms with Gasteiger partial charge in [-0.15, -0.1) is 0 Å². The number of thioether (sulfide) groups is 1. The Morgan fingerprint density at radius 3 is 2.42 bits per heavy atom. The lowest BCUT2D eigenvalue weighted by molar-refractivity contribution is -0.134. The molecule has 2 atom stereocenters. The first-order valence-electron chi connectivity index (χ1n) is 6.72. The van der Waals surface area contributed by atoms with Gasteiger partial charge in [0.15, 0.2) is 0 Å². The molecule has 0 aliphatic carbocycles. The van der Waals surface area contributed by atoms with Gasteiger partial charge in [0.25, 0.3) is 0 Å². The second-order valence-electron chi connectivity index (χ2n) is 5.69. The molecule has 0 amide bonds. The van der Waals surface area contributed by atoms with Gasteiger partial charge in [0.05, 0.1) is 7.11 Å². The van der Waals surface area contributed by atoms with Crippen molar-refractivity contribution in [2.24, 2.45) is 11.8 Å². The molecule has 2 nitrogen and oxygen atoms in total. The Morgan fingerprint density at radius 1 is 1.37 bits per heavy atom. The van der Waals surface area contributed by atoms with E-state index in [0.717, 1.165) is 12.0 Å². The summed E-state index contributed by atoms with van der Waals surface area (Å²) in [4.78, 5) is 11.1. The van der Waals surface area contributed by atoms with Crippen LogP contribution in [-0.2, 0) is 9.53 Å². The van der Waals surface area contributed by atoms with Gasteiger partial charge >= 0.3 is 5.97 Å². The highest BCUT2D eigenvalue weighted by atomic mass is 32.2. The van der Waals surface area contributed by atoms with Crippen molar-refractivity contribution < 1.29 is 9.53 Å². The highest BCUT2D eigenvalue weighted by Crippen LogP contribution is 2.34. The smallest absolute Gasteiger partial charge is 0.330 e. The highest BCUT2D eigenvalue weighted by molar-refractivity contribution is 7.99. The number of hydrogen-bond donors (Lipinski definition) is 0. The van der Waals surface area contributed by atoms with E-state index in [0.29, 0.717) is 16.6 Å². The summed E-state index contributed by atoms with van der Waals surface area (Å²) in [6.45, 7) is 11.0. The molecule has 0 N–H and O–H groups in total. The van der Waals surface area contributed by atoms with Crippen LogP contribution in [0.25, 0.3) is 0 Å². The van der Waals surface area contributed by atoms with Crippen molar-refractivity contribution in [2.45, 2.75) is 45.8 Å². The molecule has 0 saturated carbocycles. The van der Waals surface area contributed by atoms with E-state index >= 15 is 0 Å². The molecular weight excluding hydrogens is 256 g/mol. The van der Waals surface area contributed by atoms with Crippen molar-refractivity contribution in [3.8, 4) is 0 Å². The molecule has 0 aromatic carbocycles. The van der Waals surface area contributed by atoms with Gasteiger partial charge in [0.1, 0.15) is 0 Å². The number of methoxy groups -OCH3 is 1. The Balaban J connectivity index is 4.43. The average Bonchev–Trinajstić information content (AvgIpc) is 2.35. The molecule has 0 aliphatic heterocycles. The maximum absolute atomic E-state index is 11.1. The van der Waals surface area contributed by atoms with Crippen LogP contribution in [0.1, 0.15) is 41.0 Å². The monoisotopic (exact) mass is 284 g/mol. The second kappa shape index (κ2) is 8.47. The molecule has 110 valence electrons. The van der Waals surface area contributed by atoms with Crippen LogP contribution in [0.4, 0.5) is 0 Å². The van der Waals surface area contributed by atoms with Crippen molar-refractivity contribution in [3.05, 3.63) is 23.8 Å². The summed E-state index contributed by atoms with van der Waals surface area (Å²) in [5.41, 5.74) is 0.926. The Kier molecular flexibility index (Phi) is 8.15. The standard InChI is InChI=1S/C16H28O2S/c1-12(10-14(3)16(4,5)19-7)8-9-13(2)11-15(17)18-6/h8-9,11-12,14H,10H2,1-7H3. The average molecular weight is 284 g/mol. The van der Waals surface area contributed by atoms with E-state index < -0.39 is 0 Å². The minimum absolute atomic E-state index is 0.299. The fourth-order valence-electron chi connectivity index (χ4n) is 1.73. The first-order chi connectivity index (χ1) is 8.72. The van der Waals surface area contributed by atoms with E-state index in [1.54, 1.807) is 0 Å². The molecule has 3 heteroatoms. The molecule has 0 bridgehead atoms. The molecule has 0 aromatic rings. The van der Waals surface area contributed by atoms with Crippen LogP contribution < -0.4 is 0 Å². The number of hydrogen-bond acceptors (Lipinski definition) is 3. The summed E-state index contributed by atoms with van der Waals surface area (Å²) in [6, 6.07) is 0. The maximum atomic E-state index is 11.1. The maximum Gasteiger partial charge on any atom is 0.330 e. The predicted octanol–water partition coefficient (Wildman–Crippen LogP) is 4.47.